The Bertz CT molecular complexity index is 580. The molecule has 0 atom stereocenters. The predicted octanol–water partition coefficient (Wildman–Crippen LogP) is 3.18. The highest BCUT2D eigenvalue weighted by atomic mass is 32.2. The third-order valence-electron chi connectivity index (χ3n) is 4.18. The molecule has 0 N–H and O–H groups in total. The van der Waals surface area contributed by atoms with Crippen LogP contribution in [0, 0.1) is 11.3 Å². The lowest BCUT2D eigenvalue weighted by atomic mass is 9.72. The van der Waals surface area contributed by atoms with Gasteiger partial charge in [0.2, 0.25) is 0 Å². The third-order valence-corrected chi connectivity index (χ3v) is 5.46. The summed E-state index contributed by atoms with van der Waals surface area (Å²) in [6, 6.07) is 7.91. The summed E-state index contributed by atoms with van der Waals surface area (Å²) < 4.78 is 28.8. The van der Waals surface area contributed by atoms with E-state index in [-0.39, 0.29) is 28.6 Å². The zero-order valence-corrected chi connectivity index (χ0v) is 13.4. The molecule has 0 radical (unpaired) electrons. The molecule has 0 spiro atoms. The van der Waals surface area contributed by atoms with Crippen LogP contribution in [0.5, 0.6) is 0 Å². The first kappa shape index (κ1) is 16.2. The second-order valence-electron chi connectivity index (χ2n) is 6.43. The van der Waals surface area contributed by atoms with Crippen molar-refractivity contribution in [2.45, 2.75) is 44.4 Å². The SMILES string of the molecule is CC1(C)CCC(C(=O)COS(=O)(=O)c2ccccc2)CC1. The van der Waals surface area contributed by atoms with E-state index in [0.717, 1.165) is 25.7 Å². The predicted molar refractivity (Wildman–Crippen MR) is 80.3 cm³/mol. The maximum absolute atomic E-state index is 12.1. The number of hydrogen-bond acceptors (Lipinski definition) is 4. The number of carbonyl (C=O) groups excluding carboxylic acids is 1. The lowest BCUT2D eigenvalue weighted by Crippen LogP contribution is -2.29. The van der Waals surface area contributed by atoms with Gasteiger partial charge in [0.15, 0.2) is 5.78 Å². The molecule has 0 bridgehead atoms. The number of ketones is 1. The Labute approximate surface area is 126 Å². The Kier molecular flexibility index (Phi) is 4.84. The van der Waals surface area contributed by atoms with E-state index in [1.54, 1.807) is 18.2 Å². The average molecular weight is 310 g/mol. The van der Waals surface area contributed by atoms with Crippen molar-refractivity contribution in [3.8, 4) is 0 Å². The van der Waals surface area contributed by atoms with E-state index in [4.69, 9.17) is 4.18 Å². The van der Waals surface area contributed by atoms with Crippen molar-refractivity contribution in [3.05, 3.63) is 30.3 Å². The Morgan fingerprint density at radius 1 is 1.19 bits per heavy atom. The van der Waals surface area contributed by atoms with Gasteiger partial charge in [-0.2, -0.15) is 8.42 Å². The van der Waals surface area contributed by atoms with Crippen LogP contribution in [0.4, 0.5) is 0 Å². The number of Topliss-reactive ketones (excluding diaryl/α,β-unsaturated/α-hetero) is 1. The summed E-state index contributed by atoms with van der Waals surface area (Å²) in [7, 11) is -3.84. The molecule has 1 saturated carbocycles. The Morgan fingerprint density at radius 2 is 1.76 bits per heavy atom. The van der Waals surface area contributed by atoms with E-state index in [2.05, 4.69) is 13.8 Å². The maximum atomic E-state index is 12.1. The number of carbonyl (C=O) groups is 1. The van der Waals surface area contributed by atoms with E-state index in [9.17, 15) is 13.2 Å². The van der Waals surface area contributed by atoms with Gasteiger partial charge in [-0.25, -0.2) is 0 Å². The Hall–Kier alpha value is -1.20. The summed E-state index contributed by atoms with van der Waals surface area (Å²) in [5, 5.41) is 0. The molecule has 1 aliphatic carbocycles. The van der Waals surface area contributed by atoms with Gasteiger partial charge >= 0.3 is 0 Å². The van der Waals surface area contributed by atoms with Gasteiger partial charge in [0, 0.05) is 5.92 Å². The highest BCUT2D eigenvalue weighted by molar-refractivity contribution is 7.86. The van der Waals surface area contributed by atoms with Gasteiger partial charge in [0.25, 0.3) is 10.1 Å². The minimum Gasteiger partial charge on any atom is -0.297 e. The topological polar surface area (TPSA) is 60.4 Å². The van der Waals surface area contributed by atoms with Crippen molar-refractivity contribution < 1.29 is 17.4 Å². The minimum atomic E-state index is -3.84. The van der Waals surface area contributed by atoms with Gasteiger partial charge in [0.05, 0.1) is 4.90 Å². The van der Waals surface area contributed by atoms with Crippen LogP contribution in [0.3, 0.4) is 0 Å². The standard InChI is InChI=1S/C16H22O4S/c1-16(2)10-8-13(9-11-16)15(17)12-20-21(18,19)14-6-4-3-5-7-14/h3-7,13H,8-12H2,1-2H3. The van der Waals surface area contributed by atoms with Gasteiger partial charge in [-0.05, 0) is 43.2 Å². The fraction of sp³-hybridized carbons (Fsp3) is 0.562. The summed E-state index contributed by atoms with van der Waals surface area (Å²) in [5.74, 6) is -0.172. The van der Waals surface area contributed by atoms with Crippen LogP contribution in [-0.2, 0) is 19.1 Å². The van der Waals surface area contributed by atoms with Gasteiger partial charge in [-0.3, -0.25) is 8.98 Å². The second-order valence-corrected chi connectivity index (χ2v) is 8.05. The summed E-state index contributed by atoms with van der Waals surface area (Å²) in [6.07, 6.45) is 3.63. The number of benzene rings is 1. The molecule has 5 heteroatoms. The van der Waals surface area contributed by atoms with Gasteiger partial charge < -0.3 is 0 Å². The van der Waals surface area contributed by atoms with E-state index in [0.29, 0.717) is 0 Å². The Balaban J connectivity index is 1.90. The van der Waals surface area contributed by atoms with Crippen LogP contribution < -0.4 is 0 Å². The van der Waals surface area contributed by atoms with E-state index in [1.165, 1.54) is 12.1 Å². The molecule has 0 heterocycles. The molecule has 2 rings (SSSR count). The highest BCUT2D eigenvalue weighted by Crippen LogP contribution is 2.38. The molecule has 1 aromatic rings. The first-order chi connectivity index (χ1) is 9.80. The fourth-order valence-electron chi connectivity index (χ4n) is 2.63. The van der Waals surface area contributed by atoms with Crippen LogP contribution in [-0.4, -0.2) is 20.8 Å². The van der Waals surface area contributed by atoms with Crippen molar-refractivity contribution in [3.63, 3.8) is 0 Å². The molecular weight excluding hydrogens is 288 g/mol. The van der Waals surface area contributed by atoms with Crippen LogP contribution in [0.2, 0.25) is 0 Å². The van der Waals surface area contributed by atoms with Crippen LogP contribution in [0.15, 0.2) is 35.2 Å². The molecule has 0 aliphatic heterocycles. The number of rotatable bonds is 5. The van der Waals surface area contributed by atoms with Crippen molar-refractivity contribution in [2.75, 3.05) is 6.61 Å². The lowest BCUT2D eigenvalue weighted by Gasteiger charge is -2.33. The average Bonchev–Trinajstić information content (AvgIpc) is 2.46. The molecule has 0 aromatic heterocycles. The first-order valence-corrected chi connectivity index (χ1v) is 8.68. The Morgan fingerprint density at radius 3 is 2.33 bits per heavy atom. The molecular formula is C16H22O4S. The summed E-state index contributed by atoms with van der Waals surface area (Å²) >= 11 is 0. The van der Waals surface area contributed by atoms with Crippen molar-refractivity contribution in [2.24, 2.45) is 11.3 Å². The second kappa shape index (κ2) is 6.28. The summed E-state index contributed by atoms with van der Waals surface area (Å²) in [6.45, 7) is 4.04. The van der Waals surface area contributed by atoms with Crippen molar-refractivity contribution >= 4 is 15.9 Å². The van der Waals surface area contributed by atoms with E-state index >= 15 is 0 Å². The fourth-order valence-corrected chi connectivity index (χ4v) is 3.53. The summed E-state index contributed by atoms with van der Waals surface area (Å²) in [4.78, 5) is 12.2. The van der Waals surface area contributed by atoms with Crippen molar-refractivity contribution in [1.82, 2.24) is 0 Å². The van der Waals surface area contributed by atoms with E-state index < -0.39 is 10.1 Å². The zero-order chi connectivity index (χ0) is 15.5. The molecule has 1 aromatic carbocycles. The largest absolute Gasteiger partial charge is 0.297 e. The van der Waals surface area contributed by atoms with E-state index in [1.807, 2.05) is 0 Å². The highest BCUT2D eigenvalue weighted by Gasteiger charge is 2.31. The maximum Gasteiger partial charge on any atom is 0.297 e. The number of hydrogen-bond donors (Lipinski definition) is 0. The summed E-state index contributed by atoms with van der Waals surface area (Å²) in [5.41, 5.74) is 0.285. The lowest BCUT2D eigenvalue weighted by molar-refractivity contribution is -0.126. The van der Waals surface area contributed by atoms with Crippen LogP contribution in [0.25, 0.3) is 0 Å². The smallest absolute Gasteiger partial charge is 0.297 e. The molecule has 116 valence electrons. The monoisotopic (exact) mass is 310 g/mol. The first-order valence-electron chi connectivity index (χ1n) is 7.27. The van der Waals surface area contributed by atoms with Crippen molar-refractivity contribution in [1.29, 1.82) is 0 Å². The quantitative estimate of drug-likeness (QED) is 0.784. The minimum absolute atomic E-state index is 0.0657. The molecule has 1 aliphatic rings. The van der Waals surface area contributed by atoms with Crippen LogP contribution in [0.1, 0.15) is 39.5 Å². The molecule has 1 fully saturated rings. The zero-order valence-electron chi connectivity index (χ0n) is 12.5. The normalized spacial score (nSPS) is 19.3. The molecule has 0 unspecified atom stereocenters. The molecule has 4 nitrogen and oxygen atoms in total. The van der Waals surface area contributed by atoms with Gasteiger partial charge in [-0.1, -0.05) is 32.0 Å². The van der Waals surface area contributed by atoms with Gasteiger partial charge in [0.1, 0.15) is 6.61 Å². The van der Waals surface area contributed by atoms with Gasteiger partial charge in [-0.15, -0.1) is 0 Å². The molecule has 0 amide bonds. The molecule has 21 heavy (non-hydrogen) atoms. The van der Waals surface area contributed by atoms with Crippen LogP contribution >= 0.6 is 0 Å². The third kappa shape index (κ3) is 4.38. The molecule has 0 saturated heterocycles.